The van der Waals surface area contributed by atoms with E-state index in [9.17, 15) is 0 Å². The summed E-state index contributed by atoms with van der Waals surface area (Å²) in [5.74, 6) is 0.872. The van der Waals surface area contributed by atoms with Crippen molar-refractivity contribution in [3.63, 3.8) is 0 Å². The third-order valence-corrected chi connectivity index (χ3v) is 5.23. The van der Waals surface area contributed by atoms with Crippen molar-refractivity contribution in [2.24, 2.45) is 5.92 Å². The van der Waals surface area contributed by atoms with Crippen molar-refractivity contribution in [3.05, 3.63) is 17.0 Å². The zero-order valence-corrected chi connectivity index (χ0v) is 11.2. The van der Waals surface area contributed by atoms with Gasteiger partial charge in [0.15, 0.2) is 0 Å². The lowest BCUT2D eigenvalue weighted by Crippen LogP contribution is -2.28. The summed E-state index contributed by atoms with van der Waals surface area (Å²) in [6.07, 6.45) is 3.93. The Bertz CT molecular complexity index is 308. The minimum Gasteiger partial charge on any atom is -0.245 e. The van der Waals surface area contributed by atoms with Crippen LogP contribution >= 0.6 is 23.3 Å². The molecule has 0 saturated carbocycles. The molecule has 1 saturated heterocycles. The van der Waals surface area contributed by atoms with Crippen LogP contribution in [0.4, 0.5) is 0 Å². The van der Waals surface area contributed by atoms with Crippen LogP contribution in [0.2, 0.25) is 0 Å². The lowest BCUT2D eigenvalue weighted by atomic mass is 10.0. The summed E-state index contributed by atoms with van der Waals surface area (Å²) < 4.78 is 3.99. The van der Waals surface area contributed by atoms with Crippen molar-refractivity contribution in [2.45, 2.75) is 37.3 Å². The summed E-state index contributed by atoms with van der Waals surface area (Å²) in [6.45, 7) is 7.10. The van der Waals surface area contributed by atoms with Gasteiger partial charge < -0.3 is 0 Å². The van der Waals surface area contributed by atoms with Gasteiger partial charge in [-0.2, -0.15) is 0 Å². The number of rotatable bonds is 3. The molecule has 1 aliphatic heterocycles. The van der Waals surface area contributed by atoms with Crippen LogP contribution in [0.5, 0.6) is 0 Å². The summed E-state index contributed by atoms with van der Waals surface area (Å²) in [5.41, 5.74) is 0. The first-order valence-corrected chi connectivity index (χ1v) is 7.38. The predicted molar refractivity (Wildman–Crippen MR) is 69.5 cm³/mol. The molecular formula is C12H19NS2. The molecule has 0 aromatic carbocycles. The van der Waals surface area contributed by atoms with Gasteiger partial charge in [0, 0.05) is 18.0 Å². The largest absolute Gasteiger partial charge is 0.245 e. The number of thiophene rings is 1. The van der Waals surface area contributed by atoms with Gasteiger partial charge in [-0.1, -0.05) is 13.8 Å². The molecule has 0 N–H and O–H groups in total. The lowest BCUT2D eigenvalue weighted by Gasteiger charge is -2.29. The molecule has 84 valence electrons. The van der Waals surface area contributed by atoms with Gasteiger partial charge >= 0.3 is 0 Å². The molecule has 1 unspecified atom stereocenters. The van der Waals surface area contributed by atoms with Crippen LogP contribution in [0.25, 0.3) is 0 Å². The zero-order chi connectivity index (χ0) is 10.7. The molecule has 3 heteroatoms. The van der Waals surface area contributed by atoms with Gasteiger partial charge in [-0.05, 0) is 49.3 Å². The SMILES string of the molecule is CCc1ccc(SN2CCCC(C)C2)s1. The highest BCUT2D eigenvalue weighted by atomic mass is 32.2. The monoisotopic (exact) mass is 241 g/mol. The molecule has 1 fully saturated rings. The highest BCUT2D eigenvalue weighted by molar-refractivity contribution is 7.98. The molecule has 1 nitrogen and oxygen atoms in total. The molecule has 1 aromatic heterocycles. The Morgan fingerprint density at radius 2 is 2.40 bits per heavy atom. The third kappa shape index (κ3) is 3.23. The molecule has 0 spiro atoms. The van der Waals surface area contributed by atoms with Crippen LogP contribution in [-0.4, -0.2) is 17.4 Å². The maximum atomic E-state index is 2.53. The van der Waals surface area contributed by atoms with Gasteiger partial charge in [0.2, 0.25) is 0 Å². The fourth-order valence-electron chi connectivity index (χ4n) is 1.95. The lowest BCUT2D eigenvalue weighted by molar-refractivity contribution is 0.302. The van der Waals surface area contributed by atoms with Crippen molar-refractivity contribution in [1.82, 2.24) is 4.31 Å². The van der Waals surface area contributed by atoms with E-state index in [1.54, 1.807) is 0 Å². The second-order valence-corrected chi connectivity index (χ2v) is 6.87. The summed E-state index contributed by atoms with van der Waals surface area (Å²) in [7, 11) is 0. The Morgan fingerprint density at radius 1 is 1.53 bits per heavy atom. The van der Waals surface area contributed by atoms with Gasteiger partial charge in [-0.3, -0.25) is 0 Å². The van der Waals surface area contributed by atoms with E-state index >= 15 is 0 Å². The second kappa shape index (κ2) is 5.37. The molecule has 2 rings (SSSR count). The zero-order valence-electron chi connectivity index (χ0n) is 9.53. The minimum absolute atomic E-state index is 0.872. The quantitative estimate of drug-likeness (QED) is 0.735. The van der Waals surface area contributed by atoms with E-state index in [1.165, 1.54) is 41.4 Å². The molecule has 0 bridgehead atoms. The van der Waals surface area contributed by atoms with Crippen LogP contribution in [-0.2, 0) is 6.42 Å². The molecule has 1 atom stereocenters. The maximum Gasteiger partial charge on any atom is 0.0756 e. The van der Waals surface area contributed by atoms with Crippen LogP contribution in [0.1, 0.15) is 31.6 Å². The van der Waals surface area contributed by atoms with Crippen LogP contribution in [0.3, 0.4) is 0 Å². The van der Waals surface area contributed by atoms with Crippen molar-refractivity contribution in [3.8, 4) is 0 Å². The Labute approximate surface area is 101 Å². The number of piperidine rings is 1. The van der Waals surface area contributed by atoms with Crippen LogP contribution in [0.15, 0.2) is 16.3 Å². The maximum absolute atomic E-state index is 2.53. The first-order valence-electron chi connectivity index (χ1n) is 5.79. The second-order valence-electron chi connectivity index (χ2n) is 4.30. The highest BCUT2D eigenvalue weighted by Crippen LogP contribution is 2.33. The Morgan fingerprint density at radius 3 is 3.07 bits per heavy atom. The summed E-state index contributed by atoms with van der Waals surface area (Å²) in [5, 5.41) is 0. The van der Waals surface area contributed by atoms with E-state index in [1.807, 2.05) is 23.3 Å². The van der Waals surface area contributed by atoms with E-state index in [-0.39, 0.29) is 0 Å². The molecule has 0 amide bonds. The fourth-order valence-corrected chi connectivity index (χ4v) is 4.35. The molecule has 1 aromatic rings. The average Bonchev–Trinajstić information content (AvgIpc) is 2.65. The molecule has 2 heterocycles. The standard InChI is InChI=1S/C12H19NS2/c1-3-11-6-7-12(14-11)15-13-8-4-5-10(2)9-13/h6-7,10H,3-5,8-9H2,1-2H3. The van der Waals surface area contributed by atoms with Crippen molar-refractivity contribution in [1.29, 1.82) is 0 Å². The fraction of sp³-hybridized carbons (Fsp3) is 0.667. The number of hydrogen-bond acceptors (Lipinski definition) is 3. The molecule has 1 aliphatic rings. The van der Waals surface area contributed by atoms with Gasteiger partial charge in [-0.25, -0.2) is 4.31 Å². The number of hydrogen-bond donors (Lipinski definition) is 0. The van der Waals surface area contributed by atoms with E-state index in [0.29, 0.717) is 0 Å². The average molecular weight is 241 g/mol. The smallest absolute Gasteiger partial charge is 0.0756 e. The summed E-state index contributed by atoms with van der Waals surface area (Å²) in [4.78, 5) is 1.50. The van der Waals surface area contributed by atoms with Gasteiger partial charge in [0.1, 0.15) is 0 Å². The number of aryl methyl sites for hydroxylation is 1. The van der Waals surface area contributed by atoms with Crippen LogP contribution < -0.4 is 0 Å². The summed E-state index contributed by atoms with van der Waals surface area (Å²) >= 11 is 3.91. The van der Waals surface area contributed by atoms with E-state index < -0.39 is 0 Å². The molecule has 0 radical (unpaired) electrons. The molecule has 15 heavy (non-hydrogen) atoms. The first kappa shape index (κ1) is 11.5. The van der Waals surface area contributed by atoms with Crippen LogP contribution in [0, 0.1) is 5.92 Å². The predicted octanol–water partition coefficient (Wildman–Crippen LogP) is 4.05. The van der Waals surface area contributed by atoms with E-state index in [2.05, 4.69) is 30.3 Å². The third-order valence-electron chi connectivity index (χ3n) is 2.82. The Kier molecular flexibility index (Phi) is 4.12. The summed E-state index contributed by atoms with van der Waals surface area (Å²) in [6, 6.07) is 4.54. The normalized spacial score (nSPS) is 23.2. The highest BCUT2D eigenvalue weighted by Gasteiger charge is 2.17. The number of nitrogens with zero attached hydrogens (tertiary/aromatic N) is 1. The minimum atomic E-state index is 0.872. The van der Waals surface area contributed by atoms with Gasteiger partial charge in [0.05, 0.1) is 4.21 Å². The Balaban J connectivity index is 1.90. The molecule has 0 aliphatic carbocycles. The topological polar surface area (TPSA) is 3.24 Å². The van der Waals surface area contributed by atoms with E-state index in [0.717, 1.165) is 5.92 Å². The van der Waals surface area contributed by atoms with E-state index in [4.69, 9.17) is 0 Å². The van der Waals surface area contributed by atoms with Gasteiger partial charge in [-0.15, -0.1) is 11.3 Å². The molecular weight excluding hydrogens is 222 g/mol. The van der Waals surface area contributed by atoms with Gasteiger partial charge in [0.25, 0.3) is 0 Å². The van der Waals surface area contributed by atoms with Crippen molar-refractivity contribution >= 4 is 23.3 Å². The van der Waals surface area contributed by atoms with Crippen molar-refractivity contribution in [2.75, 3.05) is 13.1 Å². The first-order chi connectivity index (χ1) is 7.28. The van der Waals surface area contributed by atoms with Crippen molar-refractivity contribution < 1.29 is 0 Å². The Hall–Kier alpha value is 0.01000.